The smallest absolute Gasteiger partial charge is 0.329 e. The van der Waals surface area contributed by atoms with Crippen molar-refractivity contribution in [2.24, 2.45) is 28.3 Å². The van der Waals surface area contributed by atoms with Crippen LogP contribution >= 0.6 is 0 Å². The molecule has 14 heteroatoms. The number of nitrogens with zero attached hydrogens (tertiary/aromatic N) is 1. The zero-order chi connectivity index (χ0) is 37.7. The van der Waals surface area contributed by atoms with Gasteiger partial charge in [0.05, 0.1) is 17.1 Å². The van der Waals surface area contributed by atoms with E-state index in [9.17, 15) is 27.6 Å². The monoisotopic (exact) mass is 744 g/mol. The molecule has 0 unspecified atom stereocenters. The number of oxime groups is 1. The van der Waals surface area contributed by atoms with E-state index in [1.165, 1.54) is 6.08 Å². The number of nitrogens with one attached hydrogen (secondary N) is 3. The quantitative estimate of drug-likeness (QED) is 0.252. The van der Waals surface area contributed by atoms with Crippen molar-refractivity contribution in [1.82, 2.24) is 15.4 Å². The first-order chi connectivity index (χ1) is 25.2. The summed E-state index contributed by atoms with van der Waals surface area (Å²) in [6.07, 6.45) is 5.42. The van der Waals surface area contributed by atoms with Gasteiger partial charge >= 0.3 is 5.97 Å². The Bertz CT molecular complexity index is 2030. The molecule has 4 bridgehead atoms. The third-order valence-corrected chi connectivity index (χ3v) is 12.5. The Kier molecular flexibility index (Phi) is 9.46. The van der Waals surface area contributed by atoms with Gasteiger partial charge in [-0.1, -0.05) is 56.3 Å². The van der Waals surface area contributed by atoms with Crippen molar-refractivity contribution in [2.45, 2.75) is 75.8 Å². The van der Waals surface area contributed by atoms with Gasteiger partial charge in [-0.25, -0.2) is 13.2 Å². The molecule has 6 atom stereocenters. The zero-order valence-electron chi connectivity index (χ0n) is 29.9. The minimum absolute atomic E-state index is 0.0452. The summed E-state index contributed by atoms with van der Waals surface area (Å²) < 4.78 is 39.0. The molecule has 3 amide bonds. The number of esters is 1. The molecule has 1 aliphatic heterocycles. The predicted octanol–water partition coefficient (Wildman–Crippen LogP) is 3.52. The summed E-state index contributed by atoms with van der Waals surface area (Å²) in [5, 5.41) is 9.63. The highest BCUT2D eigenvalue weighted by Crippen LogP contribution is 2.47. The van der Waals surface area contributed by atoms with Crippen LogP contribution in [0.2, 0.25) is 0 Å². The van der Waals surface area contributed by atoms with Crippen molar-refractivity contribution in [3.63, 3.8) is 0 Å². The lowest BCUT2D eigenvalue weighted by atomic mass is 9.85. The second-order valence-electron chi connectivity index (χ2n) is 15.5. The predicted molar refractivity (Wildman–Crippen MR) is 195 cm³/mol. The molecule has 0 spiro atoms. The molecular formula is C39H44N4O9S. The van der Waals surface area contributed by atoms with Gasteiger partial charge in [0.2, 0.25) is 21.8 Å². The van der Waals surface area contributed by atoms with E-state index in [1.54, 1.807) is 32.9 Å². The van der Waals surface area contributed by atoms with E-state index in [0.29, 0.717) is 24.3 Å². The van der Waals surface area contributed by atoms with Crippen molar-refractivity contribution in [3.8, 4) is 16.9 Å². The maximum atomic E-state index is 14.2. The molecule has 3 saturated carbocycles. The third-order valence-electron chi connectivity index (χ3n) is 10.7. The number of hydrogen-bond acceptors (Lipinski definition) is 10. The number of fused-ring (bicyclic) bond motifs is 6. The van der Waals surface area contributed by atoms with Crippen LogP contribution in [0.25, 0.3) is 11.1 Å². The first kappa shape index (κ1) is 36.4. The molecule has 13 nitrogen and oxygen atoms in total. The van der Waals surface area contributed by atoms with Crippen LogP contribution in [0.15, 0.2) is 72.4 Å². The lowest BCUT2D eigenvalue weighted by molar-refractivity contribution is -0.150. The van der Waals surface area contributed by atoms with Crippen LogP contribution in [-0.2, 0) is 38.8 Å². The van der Waals surface area contributed by atoms with E-state index in [2.05, 4.69) is 27.1 Å². The molecule has 7 rings (SSSR count). The van der Waals surface area contributed by atoms with Gasteiger partial charge in [0.25, 0.3) is 5.91 Å². The maximum Gasteiger partial charge on any atom is 0.329 e. The number of hydrogen-bond donors (Lipinski definition) is 3. The van der Waals surface area contributed by atoms with E-state index >= 15 is 0 Å². The highest BCUT2D eigenvalue weighted by molar-refractivity contribution is 7.91. The van der Waals surface area contributed by atoms with Gasteiger partial charge < -0.3 is 24.9 Å². The van der Waals surface area contributed by atoms with Crippen LogP contribution in [0.1, 0.15) is 64.0 Å². The van der Waals surface area contributed by atoms with E-state index in [-0.39, 0.29) is 32.5 Å². The van der Waals surface area contributed by atoms with Crippen molar-refractivity contribution in [1.29, 1.82) is 0 Å². The van der Waals surface area contributed by atoms with E-state index in [0.717, 1.165) is 22.3 Å². The molecular weight excluding hydrogens is 701 g/mol. The normalized spacial score (nSPS) is 29.9. The lowest BCUT2D eigenvalue weighted by Crippen LogP contribution is -2.55. The molecule has 3 fully saturated rings. The third kappa shape index (κ3) is 7.20. The van der Waals surface area contributed by atoms with Gasteiger partial charge in [-0.2, -0.15) is 0 Å². The van der Waals surface area contributed by atoms with Crippen molar-refractivity contribution >= 4 is 39.4 Å². The standard InChI is InChI=1S/C39H44N4O9S/c1-5-22-21-39(22,37(47)43-53(48,49)25-13-14-25)41-35(45)31-20-24-19-30(31)34(44)40-33(38(2,3)4)36(46)51-17-9-8-16-50-23-12-15-27-26-10-6-7-11-28(26)32(42-52-24)29(27)18-23/h5-12,15,18,22,24-25,30-31,33H,1,13-14,16-17,19-21H2,2-4H3,(H,40,44)(H,41,45)(H,43,47)/b9-8-,42-32+/t22-,24+,30-,31-,33+,39-/m1/s1. The molecule has 0 radical (unpaired) electrons. The fourth-order valence-electron chi connectivity index (χ4n) is 7.40. The minimum atomic E-state index is -3.89. The molecule has 0 saturated heterocycles. The Morgan fingerprint density at radius 3 is 2.36 bits per heavy atom. The number of benzene rings is 2. The Morgan fingerprint density at radius 2 is 1.68 bits per heavy atom. The van der Waals surface area contributed by atoms with Gasteiger partial charge in [-0.05, 0) is 79.0 Å². The lowest BCUT2D eigenvalue weighted by Gasteiger charge is -2.31. The molecule has 5 aliphatic rings. The zero-order valence-corrected chi connectivity index (χ0v) is 30.7. The number of carbonyl (C=O) groups excluding carboxylic acids is 4. The first-order valence-corrected chi connectivity index (χ1v) is 19.5. The second-order valence-corrected chi connectivity index (χ2v) is 17.5. The van der Waals surface area contributed by atoms with E-state index in [4.69, 9.17) is 14.3 Å². The summed E-state index contributed by atoms with van der Waals surface area (Å²) in [6.45, 7) is 9.33. The molecule has 2 aromatic carbocycles. The summed E-state index contributed by atoms with van der Waals surface area (Å²) in [5.74, 6) is -4.56. The van der Waals surface area contributed by atoms with E-state index in [1.807, 2.05) is 42.5 Å². The molecule has 2 aromatic rings. The first-order valence-electron chi connectivity index (χ1n) is 18.0. The Morgan fingerprint density at radius 1 is 0.981 bits per heavy atom. The van der Waals surface area contributed by atoms with Crippen LogP contribution in [0.3, 0.4) is 0 Å². The van der Waals surface area contributed by atoms with Crippen LogP contribution in [0.4, 0.5) is 0 Å². The minimum Gasteiger partial charge on any atom is -0.490 e. The van der Waals surface area contributed by atoms with Crippen LogP contribution in [0.5, 0.6) is 5.75 Å². The summed E-state index contributed by atoms with van der Waals surface area (Å²) in [5.41, 5.74) is 1.87. The maximum absolute atomic E-state index is 14.2. The number of carbonyl (C=O) groups is 4. The molecule has 3 N–H and O–H groups in total. The van der Waals surface area contributed by atoms with Crippen molar-refractivity contribution in [3.05, 3.63) is 78.4 Å². The van der Waals surface area contributed by atoms with Crippen molar-refractivity contribution in [2.75, 3.05) is 13.2 Å². The number of ether oxygens (including phenoxy) is 2. The van der Waals surface area contributed by atoms with Gasteiger partial charge in [0, 0.05) is 17.0 Å². The molecule has 4 aliphatic carbocycles. The van der Waals surface area contributed by atoms with Gasteiger partial charge in [-0.15, -0.1) is 6.58 Å². The van der Waals surface area contributed by atoms with Crippen LogP contribution in [-0.4, -0.2) is 74.0 Å². The van der Waals surface area contributed by atoms with Gasteiger partial charge in [0.1, 0.15) is 42.4 Å². The second kappa shape index (κ2) is 13.8. The summed E-state index contributed by atoms with van der Waals surface area (Å²) in [4.78, 5) is 61.3. The number of amides is 3. The fraction of sp³-hybridized carbons (Fsp3) is 0.462. The Balaban J connectivity index is 1.21. The van der Waals surface area contributed by atoms with Gasteiger partial charge in [-0.3, -0.25) is 19.1 Å². The molecule has 0 aromatic heterocycles. The van der Waals surface area contributed by atoms with Crippen molar-refractivity contribution < 1.29 is 41.9 Å². The average molecular weight is 745 g/mol. The molecule has 1 heterocycles. The Labute approximate surface area is 308 Å². The largest absolute Gasteiger partial charge is 0.490 e. The van der Waals surface area contributed by atoms with Crippen LogP contribution < -0.4 is 20.1 Å². The fourth-order valence-corrected chi connectivity index (χ4v) is 8.76. The van der Waals surface area contributed by atoms with Gasteiger partial charge in [0.15, 0.2) is 0 Å². The molecule has 280 valence electrons. The number of rotatable bonds is 6. The highest BCUT2D eigenvalue weighted by Gasteiger charge is 2.62. The number of cyclic esters (lactones) is 1. The summed E-state index contributed by atoms with van der Waals surface area (Å²) in [7, 11) is -3.89. The topological polar surface area (TPSA) is 179 Å². The number of sulfonamides is 1. The molecule has 53 heavy (non-hydrogen) atoms. The van der Waals surface area contributed by atoms with E-state index < -0.39 is 79.8 Å². The highest BCUT2D eigenvalue weighted by atomic mass is 32.2. The summed E-state index contributed by atoms with van der Waals surface area (Å²) >= 11 is 0. The average Bonchev–Trinajstić information content (AvgIpc) is 4.03. The van der Waals surface area contributed by atoms with Crippen LogP contribution in [0, 0.1) is 23.2 Å². The Hall–Kier alpha value is -4.98. The SMILES string of the molecule is C=C[C@@H]1C[C@]1(NC(=O)[C@@H]1C[C@@H]2C[C@H]1C(=O)N[C@H](C(C)(C)C)C(=O)OC/C=C\COc1ccc3c(c1)/C(=N/O2)c1ccccc1-3)C(=O)NS(=O)(=O)C1CC1. The summed E-state index contributed by atoms with van der Waals surface area (Å²) in [6, 6.07) is 12.4.